The van der Waals surface area contributed by atoms with Gasteiger partial charge < -0.3 is 9.15 Å². The molecule has 0 radical (unpaired) electrons. The van der Waals surface area contributed by atoms with E-state index in [2.05, 4.69) is 20.9 Å². The standard InChI is InChI=1S/C13H14BrNO3S/c14-10-2-4-11(5-3-10)17-6-1-7-19-9-12-8-15-13(16)18-12/h2-5,8H,1,6-7,9H2,(H,15,16). The number of aromatic nitrogens is 1. The maximum Gasteiger partial charge on any atom is 0.416 e. The zero-order valence-corrected chi connectivity index (χ0v) is 12.6. The Morgan fingerprint density at radius 3 is 2.79 bits per heavy atom. The molecule has 0 aliphatic heterocycles. The van der Waals surface area contributed by atoms with Crippen LogP contribution in [0.3, 0.4) is 0 Å². The lowest BCUT2D eigenvalue weighted by Gasteiger charge is -2.05. The Hall–Kier alpha value is -1.14. The van der Waals surface area contributed by atoms with E-state index in [1.807, 2.05) is 24.3 Å². The third-order valence-electron chi connectivity index (χ3n) is 2.33. The molecule has 102 valence electrons. The molecule has 1 heterocycles. The van der Waals surface area contributed by atoms with E-state index in [-0.39, 0.29) is 0 Å². The van der Waals surface area contributed by atoms with Crippen molar-refractivity contribution in [3.63, 3.8) is 0 Å². The predicted octanol–water partition coefficient (Wildman–Crippen LogP) is 3.43. The van der Waals surface area contributed by atoms with E-state index in [9.17, 15) is 4.79 Å². The van der Waals surface area contributed by atoms with E-state index in [4.69, 9.17) is 9.15 Å². The smallest absolute Gasteiger partial charge is 0.416 e. The number of oxazole rings is 1. The van der Waals surface area contributed by atoms with Gasteiger partial charge in [0.1, 0.15) is 11.5 Å². The Kier molecular flexibility index (Phi) is 5.60. The van der Waals surface area contributed by atoms with E-state index in [0.29, 0.717) is 18.1 Å². The van der Waals surface area contributed by atoms with Gasteiger partial charge in [-0.15, -0.1) is 0 Å². The van der Waals surface area contributed by atoms with Crippen LogP contribution in [0.1, 0.15) is 12.2 Å². The molecule has 1 aromatic carbocycles. The van der Waals surface area contributed by atoms with Crippen molar-refractivity contribution >= 4 is 27.7 Å². The van der Waals surface area contributed by atoms with Gasteiger partial charge in [0.2, 0.25) is 0 Å². The van der Waals surface area contributed by atoms with Crippen LogP contribution in [-0.2, 0) is 5.75 Å². The summed E-state index contributed by atoms with van der Waals surface area (Å²) >= 11 is 5.10. The highest BCUT2D eigenvalue weighted by Crippen LogP contribution is 2.17. The summed E-state index contributed by atoms with van der Waals surface area (Å²) in [5.41, 5.74) is 0. The minimum absolute atomic E-state index is 0.394. The molecule has 19 heavy (non-hydrogen) atoms. The Morgan fingerprint density at radius 2 is 2.11 bits per heavy atom. The molecule has 1 aromatic heterocycles. The molecule has 2 rings (SSSR count). The minimum Gasteiger partial charge on any atom is -0.494 e. The van der Waals surface area contributed by atoms with Gasteiger partial charge in [-0.05, 0) is 36.4 Å². The number of halogens is 1. The van der Waals surface area contributed by atoms with Crippen molar-refractivity contribution in [2.24, 2.45) is 0 Å². The molecule has 0 amide bonds. The molecule has 6 heteroatoms. The van der Waals surface area contributed by atoms with Gasteiger partial charge in [0.05, 0.1) is 12.4 Å². The molecule has 0 bridgehead atoms. The maximum atomic E-state index is 10.8. The van der Waals surface area contributed by atoms with Crippen LogP contribution in [0.2, 0.25) is 0 Å². The molecule has 1 N–H and O–H groups in total. The average molecular weight is 344 g/mol. The average Bonchev–Trinajstić information content (AvgIpc) is 2.81. The van der Waals surface area contributed by atoms with Gasteiger partial charge in [-0.3, -0.25) is 4.98 Å². The summed E-state index contributed by atoms with van der Waals surface area (Å²) < 4.78 is 11.6. The van der Waals surface area contributed by atoms with Gasteiger partial charge in [-0.25, -0.2) is 4.79 Å². The van der Waals surface area contributed by atoms with Gasteiger partial charge in [0.25, 0.3) is 0 Å². The number of rotatable bonds is 7. The first-order valence-corrected chi connectivity index (χ1v) is 7.82. The monoisotopic (exact) mass is 343 g/mol. The molecule has 0 atom stereocenters. The molecule has 0 aliphatic rings. The van der Waals surface area contributed by atoms with E-state index < -0.39 is 5.76 Å². The third kappa shape index (κ3) is 5.16. The van der Waals surface area contributed by atoms with Crippen molar-refractivity contribution in [2.75, 3.05) is 12.4 Å². The Balaban J connectivity index is 1.57. The lowest BCUT2D eigenvalue weighted by atomic mass is 10.3. The van der Waals surface area contributed by atoms with Crippen molar-refractivity contribution in [3.05, 3.63) is 51.2 Å². The topological polar surface area (TPSA) is 55.2 Å². The van der Waals surface area contributed by atoms with Gasteiger partial charge >= 0.3 is 5.76 Å². The summed E-state index contributed by atoms with van der Waals surface area (Å²) in [6.45, 7) is 0.686. The molecule has 0 spiro atoms. The lowest BCUT2D eigenvalue weighted by molar-refractivity contribution is 0.318. The Bertz CT molecular complexity index is 550. The highest BCUT2D eigenvalue weighted by atomic mass is 79.9. The Labute approximate surface area is 123 Å². The number of nitrogens with one attached hydrogen (secondary N) is 1. The number of benzene rings is 1. The molecular formula is C13H14BrNO3S. The zero-order chi connectivity index (χ0) is 13.5. The van der Waals surface area contributed by atoms with Crippen molar-refractivity contribution in [1.29, 1.82) is 0 Å². The number of hydrogen-bond acceptors (Lipinski definition) is 4. The summed E-state index contributed by atoms with van der Waals surface area (Å²) in [4.78, 5) is 13.2. The number of aromatic amines is 1. The predicted molar refractivity (Wildman–Crippen MR) is 79.7 cm³/mol. The second-order valence-electron chi connectivity index (χ2n) is 3.85. The lowest BCUT2D eigenvalue weighted by Crippen LogP contribution is -1.98. The van der Waals surface area contributed by atoms with Crippen LogP contribution in [0.25, 0.3) is 0 Å². The van der Waals surface area contributed by atoms with Crippen molar-refractivity contribution in [1.82, 2.24) is 4.98 Å². The van der Waals surface area contributed by atoms with Crippen LogP contribution in [0.5, 0.6) is 5.75 Å². The fourth-order valence-electron chi connectivity index (χ4n) is 1.44. The SMILES string of the molecule is O=c1[nH]cc(CSCCCOc2ccc(Br)cc2)o1. The number of H-pyrrole nitrogens is 1. The molecule has 2 aromatic rings. The van der Waals surface area contributed by atoms with E-state index in [0.717, 1.165) is 22.4 Å². The van der Waals surface area contributed by atoms with Crippen LogP contribution in [0, 0.1) is 0 Å². The highest BCUT2D eigenvalue weighted by Gasteiger charge is 1.99. The summed E-state index contributed by atoms with van der Waals surface area (Å²) in [6.07, 6.45) is 2.56. The van der Waals surface area contributed by atoms with Gasteiger partial charge in [0.15, 0.2) is 0 Å². The zero-order valence-electron chi connectivity index (χ0n) is 10.2. The van der Waals surface area contributed by atoms with Crippen LogP contribution >= 0.6 is 27.7 Å². The number of hydrogen-bond donors (Lipinski definition) is 1. The molecule has 0 unspecified atom stereocenters. The quantitative estimate of drug-likeness (QED) is 0.782. The second kappa shape index (κ2) is 7.45. The van der Waals surface area contributed by atoms with E-state index in [1.165, 1.54) is 0 Å². The van der Waals surface area contributed by atoms with Gasteiger partial charge in [0, 0.05) is 10.7 Å². The first-order chi connectivity index (χ1) is 9.24. The maximum absolute atomic E-state index is 10.8. The Morgan fingerprint density at radius 1 is 1.32 bits per heavy atom. The summed E-state index contributed by atoms with van der Waals surface area (Å²) in [6, 6.07) is 7.79. The van der Waals surface area contributed by atoms with Gasteiger partial charge in [-0.1, -0.05) is 15.9 Å². The van der Waals surface area contributed by atoms with Gasteiger partial charge in [-0.2, -0.15) is 11.8 Å². The largest absolute Gasteiger partial charge is 0.494 e. The summed E-state index contributed by atoms with van der Waals surface area (Å²) in [5, 5.41) is 0. The van der Waals surface area contributed by atoms with E-state index >= 15 is 0 Å². The molecule has 0 saturated carbocycles. The minimum atomic E-state index is -0.394. The summed E-state index contributed by atoms with van der Waals surface area (Å²) in [5.74, 6) is 2.84. The molecular weight excluding hydrogens is 330 g/mol. The van der Waals surface area contributed by atoms with Crippen LogP contribution < -0.4 is 10.5 Å². The first-order valence-electron chi connectivity index (χ1n) is 5.87. The second-order valence-corrected chi connectivity index (χ2v) is 5.87. The molecule has 4 nitrogen and oxygen atoms in total. The number of ether oxygens (including phenoxy) is 1. The third-order valence-corrected chi connectivity index (χ3v) is 3.93. The molecule has 0 fully saturated rings. The molecule has 0 saturated heterocycles. The van der Waals surface area contributed by atoms with Crippen molar-refractivity contribution in [2.45, 2.75) is 12.2 Å². The first kappa shape index (κ1) is 14.3. The summed E-state index contributed by atoms with van der Waals surface area (Å²) in [7, 11) is 0. The highest BCUT2D eigenvalue weighted by molar-refractivity contribution is 9.10. The normalized spacial score (nSPS) is 10.6. The molecule has 0 aliphatic carbocycles. The fourth-order valence-corrected chi connectivity index (χ4v) is 2.52. The number of thioether (sulfide) groups is 1. The van der Waals surface area contributed by atoms with Crippen LogP contribution in [0.4, 0.5) is 0 Å². The van der Waals surface area contributed by atoms with Crippen LogP contribution in [0.15, 0.2) is 44.1 Å². The van der Waals surface area contributed by atoms with E-state index in [1.54, 1.807) is 18.0 Å². The fraction of sp³-hybridized carbons (Fsp3) is 0.308. The van der Waals surface area contributed by atoms with Crippen molar-refractivity contribution < 1.29 is 9.15 Å². The van der Waals surface area contributed by atoms with Crippen LogP contribution in [-0.4, -0.2) is 17.3 Å². The van der Waals surface area contributed by atoms with Crippen molar-refractivity contribution in [3.8, 4) is 5.75 Å².